The van der Waals surface area contributed by atoms with Gasteiger partial charge in [-0.05, 0) is 44.5 Å². The molecule has 0 aliphatic carbocycles. The molecule has 158 valence electrons. The molecule has 9 heteroatoms. The first-order valence-corrected chi connectivity index (χ1v) is 10.8. The quantitative estimate of drug-likeness (QED) is 0.704. The largest absolute Gasteiger partial charge is 0.491 e. The van der Waals surface area contributed by atoms with Gasteiger partial charge in [-0.25, -0.2) is 17.2 Å². The van der Waals surface area contributed by atoms with Gasteiger partial charge in [0.15, 0.2) is 11.6 Å². The number of ether oxygens (including phenoxy) is 1. The predicted octanol–water partition coefficient (Wildman–Crippen LogP) is 3.01. The molecule has 0 radical (unpaired) electrons. The number of hydrogen-bond acceptors (Lipinski definition) is 4. The molecular formula is C20H24F2N2O4S. The standard InChI is InChI=1S/C20H24F2N2O4S/c1-13-7-5-6-8-19(13)28-12-14(2)23-20(25)15(3)24(29(4,26)27)16-9-10-17(21)18(22)11-16/h5-11,14-15H,12H2,1-4H3,(H,23,25). The van der Waals surface area contributed by atoms with Crippen molar-refractivity contribution in [1.82, 2.24) is 5.32 Å². The van der Waals surface area contributed by atoms with Crippen LogP contribution in [0.3, 0.4) is 0 Å². The summed E-state index contributed by atoms with van der Waals surface area (Å²) in [5.74, 6) is -2.23. The molecule has 0 heterocycles. The minimum atomic E-state index is -3.94. The summed E-state index contributed by atoms with van der Waals surface area (Å²) >= 11 is 0. The van der Waals surface area contributed by atoms with Gasteiger partial charge in [0.1, 0.15) is 18.4 Å². The summed E-state index contributed by atoms with van der Waals surface area (Å²) in [6.07, 6.45) is 0.892. The summed E-state index contributed by atoms with van der Waals surface area (Å²) in [4.78, 5) is 12.6. The second-order valence-electron chi connectivity index (χ2n) is 6.82. The van der Waals surface area contributed by atoms with Crippen LogP contribution in [0.15, 0.2) is 42.5 Å². The maximum atomic E-state index is 13.6. The molecule has 2 aromatic carbocycles. The van der Waals surface area contributed by atoms with Crippen LogP contribution >= 0.6 is 0 Å². The van der Waals surface area contributed by atoms with Crippen LogP contribution in [0.4, 0.5) is 14.5 Å². The molecule has 2 atom stereocenters. The average Bonchev–Trinajstić information content (AvgIpc) is 2.63. The molecular weight excluding hydrogens is 402 g/mol. The summed E-state index contributed by atoms with van der Waals surface area (Å²) in [6, 6.07) is 8.47. The minimum absolute atomic E-state index is 0.141. The van der Waals surface area contributed by atoms with E-state index in [1.165, 1.54) is 6.92 Å². The highest BCUT2D eigenvalue weighted by Gasteiger charge is 2.30. The second kappa shape index (κ2) is 9.21. The molecule has 0 bridgehead atoms. The van der Waals surface area contributed by atoms with Gasteiger partial charge in [0, 0.05) is 6.07 Å². The third-order valence-electron chi connectivity index (χ3n) is 4.22. The number of benzene rings is 2. The Hall–Kier alpha value is -2.68. The maximum absolute atomic E-state index is 13.6. The summed E-state index contributed by atoms with van der Waals surface area (Å²) in [5.41, 5.74) is 0.804. The first kappa shape index (κ1) is 22.6. The lowest BCUT2D eigenvalue weighted by atomic mass is 10.2. The van der Waals surface area contributed by atoms with Crippen molar-refractivity contribution in [3.05, 3.63) is 59.7 Å². The molecule has 6 nitrogen and oxygen atoms in total. The number of carbonyl (C=O) groups is 1. The molecule has 0 spiro atoms. The monoisotopic (exact) mass is 426 g/mol. The molecule has 1 N–H and O–H groups in total. The Morgan fingerprint density at radius 3 is 2.38 bits per heavy atom. The van der Waals surface area contributed by atoms with Crippen molar-refractivity contribution >= 4 is 21.6 Å². The van der Waals surface area contributed by atoms with Crippen LogP contribution in [0.2, 0.25) is 0 Å². The summed E-state index contributed by atoms with van der Waals surface area (Å²) in [7, 11) is -3.94. The molecule has 0 aromatic heterocycles. The molecule has 2 rings (SSSR count). The third-order valence-corrected chi connectivity index (χ3v) is 5.46. The van der Waals surface area contributed by atoms with Crippen molar-refractivity contribution in [1.29, 1.82) is 0 Å². The van der Waals surface area contributed by atoms with Crippen molar-refractivity contribution < 1.29 is 26.7 Å². The lowest BCUT2D eigenvalue weighted by Gasteiger charge is -2.29. The van der Waals surface area contributed by atoms with Gasteiger partial charge < -0.3 is 10.1 Å². The van der Waals surface area contributed by atoms with Crippen molar-refractivity contribution in [3.63, 3.8) is 0 Å². The molecule has 2 aromatic rings. The van der Waals surface area contributed by atoms with Crippen LogP contribution in [-0.4, -0.2) is 39.3 Å². The van der Waals surface area contributed by atoms with Crippen LogP contribution in [0, 0.1) is 18.6 Å². The van der Waals surface area contributed by atoms with E-state index < -0.39 is 39.6 Å². The number of carbonyl (C=O) groups excluding carboxylic acids is 1. The Kier molecular flexibility index (Phi) is 7.18. The molecule has 2 unspecified atom stereocenters. The Balaban J connectivity index is 2.10. The molecule has 0 saturated heterocycles. The van der Waals surface area contributed by atoms with Gasteiger partial charge in [0.2, 0.25) is 15.9 Å². The lowest BCUT2D eigenvalue weighted by molar-refractivity contribution is -0.122. The van der Waals surface area contributed by atoms with Crippen molar-refractivity contribution in [2.24, 2.45) is 0 Å². The zero-order chi connectivity index (χ0) is 21.8. The highest BCUT2D eigenvalue weighted by atomic mass is 32.2. The fourth-order valence-corrected chi connectivity index (χ4v) is 3.94. The van der Waals surface area contributed by atoms with E-state index in [4.69, 9.17) is 4.74 Å². The Labute approximate surface area is 169 Å². The zero-order valence-corrected chi connectivity index (χ0v) is 17.5. The number of rotatable bonds is 8. The highest BCUT2D eigenvalue weighted by molar-refractivity contribution is 7.92. The van der Waals surface area contributed by atoms with Crippen molar-refractivity contribution in [2.75, 3.05) is 17.2 Å². The predicted molar refractivity (Wildman–Crippen MR) is 107 cm³/mol. The van der Waals surface area contributed by atoms with Crippen molar-refractivity contribution in [2.45, 2.75) is 32.9 Å². The topological polar surface area (TPSA) is 75.7 Å². The van der Waals surface area contributed by atoms with Crippen molar-refractivity contribution in [3.8, 4) is 5.75 Å². The van der Waals surface area contributed by atoms with E-state index in [0.29, 0.717) is 5.75 Å². The number of aryl methyl sites for hydroxylation is 1. The van der Waals surface area contributed by atoms with Gasteiger partial charge in [-0.3, -0.25) is 9.10 Å². The summed E-state index contributed by atoms with van der Waals surface area (Å²) in [5, 5.41) is 2.68. The maximum Gasteiger partial charge on any atom is 0.243 e. The van der Waals surface area contributed by atoms with Crippen LogP contribution in [0.5, 0.6) is 5.75 Å². The summed E-state index contributed by atoms with van der Waals surface area (Å²) < 4.78 is 57.6. The molecule has 0 aliphatic heterocycles. The fraction of sp³-hybridized carbons (Fsp3) is 0.350. The average molecular weight is 426 g/mol. The summed E-state index contributed by atoms with van der Waals surface area (Å²) in [6.45, 7) is 5.15. The van der Waals surface area contributed by atoms with E-state index >= 15 is 0 Å². The molecule has 0 aliphatic rings. The first-order chi connectivity index (χ1) is 13.5. The number of nitrogens with one attached hydrogen (secondary N) is 1. The Bertz CT molecular complexity index is 982. The normalized spacial score (nSPS) is 13.4. The Morgan fingerprint density at radius 1 is 1.14 bits per heavy atom. The highest BCUT2D eigenvalue weighted by Crippen LogP contribution is 2.23. The first-order valence-electron chi connectivity index (χ1n) is 8.94. The second-order valence-corrected chi connectivity index (χ2v) is 8.68. The van der Waals surface area contributed by atoms with E-state index in [0.717, 1.165) is 34.3 Å². The van der Waals surface area contributed by atoms with E-state index in [1.54, 1.807) is 13.0 Å². The van der Waals surface area contributed by atoms with Crippen LogP contribution in [-0.2, 0) is 14.8 Å². The molecule has 0 fully saturated rings. The number of hydrogen-bond donors (Lipinski definition) is 1. The fourth-order valence-electron chi connectivity index (χ4n) is 2.77. The number of nitrogens with zero attached hydrogens (tertiary/aromatic N) is 1. The van der Waals surface area contributed by atoms with E-state index in [2.05, 4.69) is 5.32 Å². The van der Waals surface area contributed by atoms with Crippen LogP contribution in [0.25, 0.3) is 0 Å². The van der Waals surface area contributed by atoms with E-state index in [9.17, 15) is 22.0 Å². The van der Waals surface area contributed by atoms with E-state index in [1.807, 2.05) is 25.1 Å². The van der Waals surface area contributed by atoms with Gasteiger partial charge in [-0.1, -0.05) is 18.2 Å². The molecule has 29 heavy (non-hydrogen) atoms. The van der Waals surface area contributed by atoms with Gasteiger partial charge in [-0.2, -0.15) is 0 Å². The number of amides is 1. The molecule has 0 saturated carbocycles. The number of sulfonamides is 1. The lowest BCUT2D eigenvalue weighted by Crippen LogP contribution is -2.50. The van der Waals surface area contributed by atoms with Gasteiger partial charge in [-0.15, -0.1) is 0 Å². The SMILES string of the molecule is Cc1ccccc1OCC(C)NC(=O)C(C)N(c1ccc(F)c(F)c1)S(C)(=O)=O. The molecule has 1 amide bonds. The van der Waals surface area contributed by atoms with Gasteiger partial charge in [0.25, 0.3) is 0 Å². The van der Waals surface area contributed by atoms with Gasteiger partial charge >= 0.3 is 0 Å². The van der Waals surface area contributed by atoms with Crippen LogP contribution < -0.4 is 14.4 Å². The van der Waals surface area contributed by atoms with E-state index in [-0.39, 0.29) is 12.3 Å². The third kappa shape index (κ3) is 5.90. The van der Waals surface area contributed by atoms with Gasteiger partial charge in [0.05, 0.1) is 18.0 Å². The smallest absolute Gasteiger partial charge is 0.243 e. The number of para-hydroxylation sites is 1. The Morgan fingerprint density at radius 2 is 1.79 bits per heavy atom. The zero-order valence-electron chi connectivity index (χ0n) is 16.6. The number of anilines is 1. The number of halogens is 2. The minimum Gasteiger partial charge on any atom is -0.491 e. The van der Waals surface area contributed by atoms with Crippen LogP contribution in [0.1, 0.15) is 19.4 Å².